The fraction of sp³-hybridized carbons (Fsp3) is 0.600. The van der Waals surface area contributed by atoms with Crippen molar-refractivity contribution >= 4 is 17.3 Å². The van der Waals surface area contributed by atoms with E-state index in [1.54, 1.807) is 0 Å². The third kappa shape index (κ3) is 3.89. The smallest absolute Gasteiger partial charge is 0.0635 e. The molecule has 2 nitrogen and oxygen atoms in total. The molecule has 1 aromatic rings. The van der Waals surface area contributed by atoms with Crippen molar-refractivity contribution in [2.24, 2.45) is 5.92 Å². The van der Waals surface area contributed by atoms with Gasteiger partial charge in [0.25, 0.3) is 0 Å². The van der Waals surface area contributed by atoms with E-state index in [1.165, 1.54) is 31.4 Å². The lowest BCUT2D eigenvalue weighted by Gasteiger charge is -2.23. The average Bonchev–Trinajstić information content (AvgIpc) is 3.13. The van der Waals surface area contributed by atoms with Gasteiger partial charge in [-0.2, -0.15) is 0 Å². The summed E-state index contributed by atoms with van der Waals surface area (Å²) >= 11 is 5.96. The molecule has 1 aromatic carbocycles. The first-order valence-corrected chi connectivity index (χ1v) is 7.22. The fourth-order valence-corrected chi connectivity index (χ4v) is 2.30. The molecule has 0 unspecified atom stereocenters. The zero-order valence-electron chi connectivity index (χ0n) is 11.3. The molecule has 1 fully saturated rings. The Balaban J connectivity index is 1.97. The molecule has 1 aliphatic carbocycles. The second-order valence-electron chi connectivity index (χ2n) is 5.74. The first-order valence-electron chi connectivity index (χ1n) is 6.84. The molecule has 0 amide bonds. The van der Waals surface area contributed by atoms with Gasteiger partial charge in [-0.15, -0.1) is 0 Å². The largest absolute Gasteiger partial charge is 0.398 e. The normalized spacial score (nSPS) is 15.6. The SMILES string of the molecule is CC(C)CCN(Cc1ccc(Cl)c(N)c1)C1CC1. The van der Waals surface area contributed by atoms with Crippen LogP contribution in [0.2, 0.25) is 5.02 Å². The quantitative estimate of drug-likeness (QED) is 0.791. The van der Waals surface area contributed by atoms with Crippen LogP contribution in [0.3, 0.4) is 0 Å². The molecule has 100 valence electrons. The Morgan fingerprint density at radius 2 is 2.11 bits per heavy atom. The second kappa shape index (κ2) is 5.94. The van der Waals surface area contributed by atoms with Gasteiger partial charge < -0.3 is 5.73 Å². The van der Waals surface area contributed by atoms with Crippen LogP contribution in [0.15, 0.2) is 18.2 Å². The molecule has 2 rings (SSSR count). The van der Waals surface area contributed by atoms with E-state index in [4.69, 9.17) is 17.3 Å². The Kier molecular flexibility index (Phi) is 4.52. The number of rotatable bonds is 6. The Hall–Kier alpha value is -0.730. The van der Waals surface area contributed by atoms with Gasteiger partial charge in [0.1, 0.15) is 0 Å². The van der Waals surface area contributed by atoms with Crippen LogP contribution >= 0.6 is 11.6 Å². The van der Waals surface area contributed by atoms with Crippen molar-refractivity contribution in [2.45, 2.75) is 45.7 Å². The van der Waals surface area contributed by atoms with Crippen molar-refractivity contribution in [2.75, 3.05) is 12.3 Å². The zero-order valence-corrected chi connectivity index (χ0v) is 12.1. The summed E-state index contributed by atoms with van der Waals surface area (Å²) in [5.74, 6) is 0.765. The minimum atomic E-state index is 0.652. The third-order valence-electron chi connectivity index (χ3n) is 3.50. The predicted molar refractivity (Wildman–Crippen MR) is 78.8 cm³/mol. The minimum absolute atomic E-state index is 0.652. The summed E-state index contributed by atoms with van der Waals surface area (Å²) in [7, 11) is 0. The summed E-state index contributed by atoms with van der Waals surface area (Å²) in [5, 5.41) is 0.652. The lowest BCUT2D eigenvalue weighted by molar-refractivity contribution is 0.239. The number of anilines is 1. The fourth-order valence-electron chi connectivity index (χ4n) is 2.18. The van der Waals surface area contributed by atoms with Crippen LogP contribution in [0, 0.1) is 5.92 Å². The molecule has 0 atom stereocenters. The van der Waals surface area contributed by atoms with Crippen LogP contribution in [0.5, 0.6) is 0 Å². The third-order valence-corrected chi connectivity index (χ3v) is 3.85. The summed E-state index contributed by atoms with van der Waals surface area (Å²) in [6.07, 6.45) is 3.96. The second-order valence-corrected chi connectivity index (χ2v) is 6.15. The number of benzene rings is 1. The van der Waals surface area contributed by atoms with Gasteiger partial charge in [-0.1, -0.05) is 31.5 Å². The zero-order chi connectivity index (χ0) is 13.1. The monoisotopic (exact) mass is 266 g/mol. The van der Waals surface area contributed by atoms with Crippen molar-refractivity contribution < 1.29 is 0 Å². The van der Waals surface area contributed by atoms with E-state index in [9.17, 15) is 0 Å². The van der Waals surface area contributed by atoms with Crippen molar-refractivity contribution in [1.29, 1.82) is 0 Å². The van der Waals surface area contributed by atoms with E-state index < -0.39 is 0 Å². The highest BCUT2D eigenvalue weighted by Crippen LogP contribution is 2.29. The predicted octanol–water partition coefficient (Wildman–Crippen LogP) is 3.93. The summed E-state index contributed by atoms with van der Waals surface area (Å²) in [4.78, 5) is 2.59. The molecule has 0 aliphatic heterocycles. The number of nitrogens with zero attached hydrogens (tertiary/aromatic N) is 1. The summed E-state index contributed by atoms with van der Waals surface area (Å²) in [6.45, 7) is 6.75. The van der Waals surface area contributed by atoms with Crippen LogP contribution in [0.4, 0.5) is 5.69 Å². The lowest BCUT2D eigenvalue weighted by Crippen LogP contribution is -2.27. The number of hydrogen-bond donors (Lipinski definition) is 1. The van der Waals surface area contributed by atoms with Gasteiger partial charge >= 0.3 is 0 Å². The molecule has 3 heteroatoms. The first-order chi connectivity index (χ1) is 8.56. The van der Waals surface area contributed by atoms with Gasteiger partial charge in [-0.3, -0.25) is 4.90 Å². The maximum Gasteiger partial charge on any atom is 0.0635 e. The summed E-state index contributed by atoms with van der Waals surface area (Å²) in [6, 6.07) is 6.79. The highest BCUT2D eigenvalue weighted by molar-refractivity contribution is 6.33. The number of nitrogen functional groups attached to an aromatic ring is 1. The maximum atomic E-state index is 5.96. The Labute approximate surface area is 115 Å². The summed E-state index contributed by atoms with van der Waals surface area (Å²) in [5.41, 5.74) is 7.82. The molecule has 0 bridgehead atoms. The van der Waals surface area contributed by atoms with E-state index >= 15 is 0 Å². The highest BCUT2D eigenvalue weighted by Gasteiger charge is 2.28. The Morgan fingerprint density at radius 1 is 1.39 bits per heavy atom. The van der Waals surface area contributed by atoms with Crippen LogP contribution in [0.1, 0.15) is 38.7 Å². The van der Waals surface area contributed by atoms with Crippen molar-refractivity contribution in [3.8, 4) is 0 Å². The van der Waals surface area contributed by atoms with Crippen molar-refractivity contribution in [3.05, 3.63) is 28.8 Å². The van der Waals surface area contributed by atoms with Crippen molar-refractivity contribution in [3.63, 3.8) is 0 Å². The Morgan fingerprint density at radius 3 is 2.67 bits per heavy atom. The standard InChI is InChI=1S/C15H23ClN2/c1-11(2)7-8-18(13-4-5-13)10-12-3-6-14(16)15(17)9-12/h3,6,9,11,13H,4-5,7-8,10,17H2,1-2H3. The van der Waals surface area contributed by atoms with Crippen LogP contribution in [-0.4, -0.2) is 17.5 Å². The molecule has 0 saturated heterocycles. The van der Waals surface area contributed by atoms with Gasteiger partial charge in [-0.05, 0) is 49.4 Å². The first kappa shape index (κ1) is 13.7. The molecular formula is C15H23ClN2. The van der Waals surface area contributed by atoms with E-state index in [0.29, 0.717) is 10.7 Å². The average molecular weight is 267 g/mol. The van der Waals surface area contributed by atoms with E-state index in [-0.39, 0.29) is 0 Å². The molecule has 1 saturated carbocycles. The van der Waals surface area contributed by atoms with Crippen LogP contribution < -0.4 is 5.73 Å². The van der Waals surface area contributed by atoms with Gasteiger partial charge in [0.15, 0.2) is 0 Å². The summed E-state index contributed by atoms with van der Waals surface area (Å²) < 4.78 is 0. The topological polar surface area (TPSA) is 29.3 Å². The Bertz CT molecular complexity index is 399. The lowest BCUT2D eigenvalue weighted by atomic mass is 10.1. The van der Waals surface area contributed by atoms with E-state index in [1.807, 2.05) is 12.1 Å². The maximum absolute atomic E-state index is 5.96. The number of nitrogens with two attached hydrogens (primary N) is 1. The van der Waals surface area contributed by atoms with Gasteiger partial charge in [0, 0.05) is 12.6 Å². The van der Waals surface area contributed by atoms with Gasteiger partial charge in [-0.25, -0.2) is 0 Å². The molecule has 0 radical (unpaired) electrons. The molecular weight excluding hydrogens is 244 g/mol. The van der Waals surface area contributed by atoms with Crippen LogP contribution in [0.25, 0.3) is 0 Å². The van der Waals surface area contributed by atoms with Crippen LogP contribution in [-0.2, 0) is 6.54 Å². The van der Waals surface area contributed by atoms with Gasteiger partial charge in [0.2, 0.25) is 0 Å². The van der Waals surface area contributed by atoms with Crippen molar-refractivity contribution in [1.82, 2.24) is 4.90 Å². The number of halogens is 1. The molecule has 18 heavy (non-hydrogen) atoms. The van der Waals surface area contributed by atoms with E-state index in [2.05, 4.69) is 24.8 Å². The number of hydrogen-bond acceptors (Lipinski definition) is 2. The molecule has 0 spiro atoms. The molecule has 1 aliphatic rings. The highest BCUT2D eigenvalue weighted by atomic mass is 35.5. The molecule has 0 heterocycles. The molecule has 0 aromatic heterocycles. The van der Waals surface area contributed by atoms with Gasteiger partial charge in [0.05, 0.1) is 10.7 Å². The van der Waals surface area contributed by atoms with E-state index in [0.717, 1.165) is 18.5 Å². The molecule has 2 N–H and O–H groups in total. The minimum Gasteiger partial charge on any atom is -0.398 e.